The summed E-state index contributed by atoms with van der Waals surface area (Å²) in [5.74, 6) is -1.09. The minimum atomic E-state index is -0.773. The largest absolute Gasteiger partial charge is 0.456 e. The van der Waals surface area contributed by atoms with Crippen molar-refractivity contribution >= 4 is 28.4 Å². The van der Waals surface area contributed by atoms with Crippen LogP contribution in [0.15, 0.2) is 40.8 Å². The lowest BCUT2D eigenvalue weighted by molar-refractivity contribution is 0.251. The molecule has 3 rings (SSSR count). The monoisotopic (exact) mass is 331 g/mol. The second kappa shape index (κ2) is 6.19. The van der Waals surface area contributed by atoms with Gasteiger partial charge in [0.2, 0.25) is 0 Å². The van der Waals surface area contributed by atoms with Gasteiger partial charge in [0, 0.05) is 28.4 Å². The second-order valence-electron chi connectivity index (χ2n) is 5.34. The van der Waals surface area contributed by atoms with Gasteiger partial charge in [0.1, 0.15) is 11.6 Å². The lowest BCUT2D eigenvalue weighted by Crippen LogP contribution is -2.28. The van der Waals surface area contributed by atoms with Crippen LogP contribution in [0.25, 0.3) is 11.0 Å². The van der Waals surface area contributed by atoms with Crippen LogP contribution in [0.1, 0.15) is 11.3 Å². The Bertz CT molecular complexity index is 904. The van der Waals surface area contributed by atoms with Crippen LogP contribution in [0.5, 0.6) is 0 Å². The van der Waals surface area contributed by atoms with E-state index in [-0.39, 0.29) is 12.1 Å². The van der Waals surface area contributed by atoms with E-state index in [1.54, 1.807) is 31.2 Å². The van der Waals surface area contributed by atoms with Crippen molar-refractivity contribution in [3.05, 3.63) is 59.4 Å². The van der Waals surface area contributed by atoms with Crippen LogP contribution in [-0.4, -0.2) is 6.03 Å². The average molecular weight is 331 g/mol. The molecule has 3 aromatic rings. The van der Waals surface area contributed by atoms with E-state index < -0.39 is 17.7 Å². The fourth-order valence-electron chi connectivity index (χ4n) is 2.36. The number of nitrogens with one attached hydrogen (secondary N) is 2. The molecule has 124 valence electrons. The molecule has 1 aromatic heterocycles. The number of carbonyl (C=O) groups excluding carboxylic acids is 1. The molecule has 0 aliphatic heterocycles. The number of amides is 2. The Morgan fingerprint density at radius 1 is 1.21 bits per heavy atom. The number of halogens is 2. The molecule has 0 fully saturated rings. The van der Waals surface area contributed by atoms with Crippen LogP contribution in [-0.2, 0) is 6.54 Å². The van der Waals surface area contributed by atoms with Gasteiger partial charge >= 0.3 is 6.03 Å². The highest BCUT2D eigenvalue weighted by atomic mass is 19.1. The molecule has 0 aliphatic rings. The van der Waals surface area contributed by atoms with Crippen LogP contribution in [0.2, 0.25) is 0 Å². The number of furan rings is 1. The first kappa shape index (κ1) is 15.8. The van der Waals surface area contributed by atoms with Crippen molar-refractivity contribution in [1.82, 2.24) is 5.32 Å². The zero-order chi connectivity index (χ0) is 17.3. The molecule has 0 aliphatic carbocycles. The molecule has 2 amide bonds. The highest BCUT2D eigenvalue weighted by Crippen LogP contribution is 2.28. The van der Waals surface area contributed by atoms with Gasteiger partial charge in [-0.3, -0.25) is 0 Å². The standard InChI is InChI=1S/C17H15F2N3O2/c1-9-13-6-10(18)7-14(19)16(13)24-15(9)8-21-17(23)22-12-4-2-11(20)3-5-12/h2-7H,8,20H2,1H3,(H2,21,22,23). The first-order valence-corrected chi connectivity index (χ1v) is 7.21. The smallest absolute Gasteiger partial charge is 0.319 e. The molecule has 5 nitrogen and oxygen atoms in total. The van der Waals surface area contributed by atoms with Crippen molar-refractivity contribution in [3.63, 3.8) is 0 Å². The summed E-state index contributed by atoms with van der Waals surface area (Å²) < 4.78 is 32.4. The summed E-state index contributed by atoms with van der Waals surface area (Å²) in [6.07, 6.45) is 0. The molecule has 0 bridgehead atoms. The number of hydrogen-bond acceptors (Lipinski definition) is 3. The molecule has 4 N–H and O–H groups in total. The number of aryl methyl sites for hydroxylation is 1. The molecule has 0 saturated heterocycles. The van der Waals surface area contributed by atoms with Gasteiger partial charge in [-0.15, -0.1) is 0 Å². The number of fused-ring (bicyclic) bond motifs is 1. The zero-order valence-corrected chi connectivity index (χ0v) is 12.8. The third-order valence-electron chi connectivity index (χ3n) is 3.63. The van der Waals surface area contributed by atoms with Crippen LogP contribution in [0, 0.1) is 18.6 Å². The highest BCUT2D eigenvalue weighted by molar-refractivity contribution is 5.89. The third kappa shape index (κ3) is 3.15. The van der Waals surface area contributed by atoms with E-state index in [1.165, 1.54) is 6.07 Å². The molecule has 0 unspecified atom stereocenters. The van der Waals surface area contributed by atoms with E-state index in [0.717, 1.165) is 6.07 Å². The number of nitrogen functional groups attached to an aromatic ring is 1. The van der Waals surface area contributed by atoms with E-state index >= 15 is 0 Å². The number of nitrogens with two attached hydrogens (primary N) is 1. The van der Waals surface area contributed by atoms with Crippen LogP contribution >= 0.6 is 0 Å². The maximum Gasteiger partial charge on any atom is 0.319 e. The normalized spacial score (nSPS) is 10.8. The lowest BCUT2D eigenvalue weighted by Gasteiger charge is -2.07. The maximum atomic E-state index is 13.7. The summed E-state index contributed by atoms with van der Waals surface area (Å²) in [6, 6.07) is 8.17. The zero-order valence-electron chi connectivity index (χ0n) is 12.8. The van der Waals surface area contributed by atoms with Crippen molar-refractivity contribution < 1.29 is 18.0 Å². The summed E-state index contributed by atoms with van der Waals surface area (Å²) in [5, 5.41) is 5.59. The van der Waals surface area contributed by atoms with Gasteiger partial charge in [-0.05, 0) is 37.3 Å². The SMILES string of the molecule is Cc1c(CNC(=O)Nc2ccc(N)cc2)oc2c(F)cc(F)cc12. The number of urea groups is 1. The predicted molar refractivity (Wildman–Crippen MR) is 87.6 cm³/mol. The molecule has 0 saturated carbocycles. The van der Waals surface area contributed by atoms with Gasteiger partial charge in [-0.1, -0.05) is 0 Å². The van der Waals surface area contributed by atoms with Gasteiger partial charge < -0.3 is 20.8 Å². The minimum absolute atomic E-state index is 0.0235. The molecule has 0 atom stereocenters. The summed E-state index contributed by atoms with van der Waals surface area (Å²) >= 11 is 0. The Labute approximate surface area is 136 Å². The van der Waals surface area contributed by atoms with Crippen molar-refractivity contribution in [2.24, 2.45) is 0 Å². The molecule has 24 heavy (non-hydrogen) atoms. The van der Waals surface area contributed by atoms with Gasteiger partial charge in [0.15, 0.2) is 11.4 Å². The molecule has 1 heterocycles. The molecule has 7 heteroatoms. The minimum Gasteiger partial charge on any atom is -0.456 e. The Morgan fingerprint density at radius 2 is 1.92 bits per heavy atom. The molecular weight excluding hydrogens is 316 g/mol. The molecule has 2 aromatic carbocycles. The topological polar surface area (TPSA) is 80.3 Å². The Kier molecular flexibility index (Phi) is 4.07. The van der Waals surface area contributed by atoms with Crippen LogP contribution < -0.4 is 16.4 Å². The van der Waals surface area contributed by atoms with E-state index in [2.05, 4.69) is 10.6 Å². The number of benzene rings is 2. The van der Waals surface area contributed by atoms with Gasteiger partial charge in [0.05, 0.1) is 6.54 Å². The lowest BCUT2D eigenvalue weighted by atomic mass is 10.1. The maximum absolute atomic E-state index is 13.7. The summed E-state index contributed by atoms with van der Waals surface area (Å²) in [4.78, 5) is 11.9. The molecular formula is C17H15F2N3O2. The number of carbonyl (C=O) groups is 1. The number of hydrogen-bond donors (Lipinski definition) is 3. The quantitative estimate of drug-likeness (QED) is 0.636. The number of anilines is 2. The van der Waals surface area contributed by atoms with Crippen molar-refractivity contribution in [3.8, 4) is 0 Å². The van der Waals surface area contributed by atoms with Crippen LogP contribution in [0.4, 0.5) is 25.0 Å². The van der Waals surface area contributed by atoms with Gasteiger partial charge in [0.25, 0.3) is 0 Å². The van der Waals surface area contributed by atoms with E-state index in [4.69, 9.17) is 10.2 Å². The van der Waals surface area contributed by atoms with E-state index in [0.29, 0.717) is 28.1 Å². The van der Waals surface area contributed by atoms with Crippen LogP contribution in [0.3, 0.4) is 0 Å². The van der Waals surface area contributed by atoms with Crippen molar-refractivity contribution in [2.45, 2.75) is 13.5 Å². The summed E-state index contributed by atoms with van der Waals surface area (Å²) in [7, 11) is 0. The average Bonchev–Trinajstić information content (AvgIpc) is 2.85. The first-order chi connectivity index (χ1) is 11.4. The summed E-state index contributed by atoms with van der Waals surface area (Å²) in [5.41, 5.74) is 7.30. The third-order valence-corrected chi connectivity index (χ3v) is 3.63. The van der Waals surface area contributed by atoms with Gasteiger partial charge in [-0.25, -0.2) is 13.6 Å². The van der Waals surface area contributed by atoms with E-state index in [9.17, 15) is 13.6 Å². The predicted octanol–water partition coefficient (Wildman–Crippen LogP) is 3.92. The first-order valence-electron chi connectivity index (χ1n) is 7.21. The molecule has 0 radical (unpaired) electrons. The summed E-state index contributed by atoms with van der Waals surface area (Å²) in [6.45, 7) is 1.72. The van der Waals surface area contributed by atoms with Crippen molar-refractivity contribution in [2.75, 3.05) is 11.1 Å². The van der Waals surface area contributed by atoms with E-state index in [1.807, 2.05) is 0 Å². The Balaban J connectivity index is 1.71. The Hall–Kier alpha value is -3.09. The second-order valence-corrected chi connectivity index (χ2v) is 5.34. The molecule has 0 spiro atoms. The number of rotatable bonds is 3. The fraction of sp³-hybridized carbons (Fsp3) is 0.118. The highest BCUT2D eigenvalue weighted by Gasteiger charge is 2.16. The van der Waals surface area contributed by atoms with Gasteiger partial charge in [-0.2, -0.15) is 0 Å². The van der Waals surface area contributed by atoms with Crippen molar-refractivity contribution in [1.29, 1.82) is 0 Å². The Morgan fingerprint density at radius 3 is 2.62 bits per heavy atom. The fourth-order valence-corrected chi connectivity index (χ4v) is 2.36.